The van der Waals surface area contributed by atoms with E-state index >= 15 is 0 Å². The van der Waals surface area contributed by atoms with Crippen molar-refractivity contribution in [2.24, 2.45) is 22.2 Å². The highest BCUT2D eigenvalue weighted by molar-refractivity contribution is 7.92. The van der Waals surface area contributed by atoms with Crippen LogP contribution in [-0.4, -0.2) is 30.4 Å². The van der Waals surface area contributed by atoms with E-state index in [9.17, 15) is 8.42 Å². The molecule has 1 aliphatic carbocycles. The van der Waals surface area contributed by atoms with Gasteiger partial charge in [-0.15, -0.1) is 0 Å². The van der Waals surface area contributed by atoms with E-state index in [0.29, 0.717) is 18.5 Å². The number of nitrogens with zero attached hydrogens (tertiary/aromatic N) is 1. The van der Waals surface area contributed by atoms with Crippen molar-refractivity contribution in [2.45, 2.75) is 17.6 Å². The summed E-state index contributed by atoms with van der Waals surface area (Å²) in [5.74, 6) is 0.0998. The number of hydrogen-bond donors (Lipinski definition) is 4. The van der Waals surface area contributed by atoms with Crippen molar-refractivity contribution >= 4 is 44.4 Å². The van der Waals surface area contributed by atoms with Gasteiger partial charge in [-0.1, -0.05) is 18.7 Å². The lowest BCUT2D eigenvalue weighted by Gasteiger charge is -2.13. The Morgan fingerprint density at radius 3 is 2.28 bits per heavy atom. The summed E-state index contributed by atoms with van der Waals surface area (Å²) >= 11 is 4.77. The summed E-state index contributed by atoms with van der Waals surface area (Å²) in [6.07, 6.45) is 3.57. The first-order chi connectivity index (χ1) is 11.5. The van der Waals surface area contributed by atoms with Gasteiger partial charge in [0.05, 0.1) is 5.70 Å². The fourth-order valence-electron chi connectivity index (χ4n) is 2.42. The van der Waals surface area contributed by atoms with Gasteiger partial charge in [0, 0.05) is 23.7 Å². The van der Waals surface area contributed by atoms with Crippen molar-refractivity contribution in [3.63, 3.8) is 0 Å². The molecule has 25 heavy (non-hydrogen) atoms. The van der Waals surface area contributed by atoms with Crippen molar-refractivity contribution in [1.29, 1.82) is 0 Å². The molecule has 1 fully saturated rings. The molecule has 0 spiro atoms. The maximum absolute atomic E-state index is 11.8. The van der Waals surface area contributed by atoms with Crippen molar-refractivity contribution in [1.82, 2.24) is 0 Å². The Bertz CT molecular complexity index is 866. The van der Waals surface area contributed by atoms with Gasteiger partial charge in [0.25, 0.3) is 0 Å². The summed E-state index contributed by atoms with van der Waals surface area (Å²) in [4.78, 5) is 4.18. The molecule has 0 aliphatic heterocycles. The summed E-state index contributed by atoms with van der Waals surface area (Å²) in [6.45, 7) is 3.86. The maximum atomic E-state index is 11.8. The van der Waals surface area contributed by atoms with Gasteiger partial charge in [-0.3, -0.25) is 0 Å². The molecule has 134 valence electrons. The zero-order valence-electron chi connectivity index (χ0n) is 13.8. The van der Waals surface area contributed by atoms with Gasteiger partial charge in [-0.05, 0) is 42.8 Å². The molecule has 0 saturated heterocycles. The van der Waals surface area contributed by atoms with Crippen molar-refractivity contribution in [3.05, 3.63) is 48.2 Å². The largest absolute Gasteiger partial charge is 0.401 e. The first-order valence-corrected chi connectivity index (χ1v) is 9.72. The number of sulfone groups is 1. The first-order valence-electron chi connectivity index (χ1n) is 7.42. The van der Waals surface area contributed by atoms with Crippen LogP contribution in [0.3, 0.4) is 0 Å². The number of nitrogens with two attached hydrogens (primary N) is 3. The van der Waals surface area contributed by atoms with Crippen LogP contribution < -0.4 is 22.5 Å². The van der Waals surface area contributed by atoms with E-state index in [0.717, 1.165) is 11.3 Å². The van der Waals surface area contributed by atoms with Gasteiger partial charge in [-0.25, -0.2) is 13.4 Å². The fourth-order valence-corrected chi connectivity index (χ4v) is 3.87. The van der Waals surface area contributed by atoms with Crippen LogP contribution in [0.1, 0.15) is 18.4 Å². The molecule has 1 aromatic rings. The molecular weight excluding hydrogens is 358 g/mol. The molecule has 7 nitrogen and oxygen atoms in total. The van der Waals surface area contributed by atoms with E-state index in [1.807, 2.05) is 0 Å². The predicted molar refractivity (Wildman–Crippen MR) is 107 cm³/mol. The zero-order chi connectivity index (χ0) is 18.8. The minimum atomic E-state index is -3.29. The molecule has 0 amide bonds. The van der Waals surface area contributed by atoms with E-state index in [1.54, 1.807) is 24.3 Å². The minimum absolute atomic E-state index is 0.0998. The number of aliphatic imine (C=N–C) groups is 1. The van der Waals surface area contributed by atoms with Gasteiger partial charge in [0.2, 0.25) is 0 Å². The van der Waals surface area contributed by atoms with Crippen LogP contribution in [0, 0.1) is 0 Å². The van der Waals surface area contributed by atoms with Crippen LogP contribution in [0.4, 0.5) is 5.69 Å². The Balaban J connectivity index is 2.15. The average molecular weight is 380 g/mol. The van der Waals surface area contributed by atoms with Crippen LogP contribution in [0.2, 0.25) is 0 Å². The molecule has 1 saturated carbocycles. The predicted octanol–water partition coefficient (Wildman–Crippen LogP) is 1.09. The monoisotopic (exact) mass is 379 g/mol. The highest BCUT2D eigenvalue weighted by Crippen LogP contribution is 2.47. The van der Waals surface area contributed by atoms with Crippen LogP contribution in [0.15, 0.2) is 47.6 Å². The highest BCUT2D eigenvalue weighted by atomic mass is 32.2. The summed E-state index contributed by atoms with van der Waals surface area (Å²) < 4.78 is 22.7. The minimum Gasteiger partial charge on any atom is -0.401 e. The SMILES string of the molecule is C=C(N=C(N)/C=C(\N)C1(S(C)(=O)=O)CC1)c1ccc(NC(N)=S)cc1. The molecule has 7 N–H and O–H groups in total. The summed E-state index contributed by atoms with van der Waals surface area (Å²) in [6, 6.07) is 7.12. The molecule has 2 rings (SSSR count). The van der Waals surface area contributed by atoms with E-state index in [4.69, 9.17) is 29.4 Å². The van der Waals surface area contributed by atoms with Crippen LogP contribution >= 0.6 is 12.2 Å². The van der Waals surface area contributed by atoms with E-state index in [2.05, 4.69) is 16.9 Å². The van der Waals surface area contributed by atoms with Crippen LogP contribution in [0.5, 0.6) is 0 Å². The zero-order valence-corrected chi connectivity index (χ0v) is 15.5. The lowest BCUT2D eigenvalue weighted by molar-refractivity contribution is 0.590. The number of rotatable bonds is 6. The maximum Gasteiger partial charge on any atom is 0.168 e. The van der Waals surface area contributed by atoms with Crippen molar-refractivity contribution in [3.8, 4) is 0 Å². The second kappa shape index (κ2) is 6.85. The molecule has 9 heteroatoms. The van der Waals surface area contributed by atoms with Gasteiger partial charge < -0.3 is 22.5 Å². The van der Waals surface area contributed by atoms with E-state index in [1.165, 1.54) is 12.3 Å². The van der Waals surface area contributed by atoms with Crippen LogP contribution in [-0.2, 0) is 9.84 Å². The number of amidine groups is 1. The summed E-state index contributed by atoms with van der Waals surface area (Å²) in [5.41, 5.74) is 19.3. The highest BCUT2D eigenvalue weighted by Gasteiger charge is 2.54. The topological polar surface area (TPSA) is 137 Å². The number of thiocarbonyl (C=S) groups is 1. The fraction of sp³-hybridized carbons (Fsp3) is 0.250. The number of anilines is 1. The van der Waals surface area contributed by atoms with Crippen molar-refractivity contribution in [2.75, 3.05) is 11.6 Å². The molecule has 0 bridgehead atoms. The van der Waals surface area contributed by atoms with Crippen molar-refractivity contribution < 1.29 is 8.42 Å². The molecule has 0 aromatic heterocycles. The standard InChI is InChI=1S/C16H21N5O2S2/c1-10(11-3-5-12(6-4-11)21-15(19)24)20-14(18)9-13(17)16(7-8-16)25(2,22)23/h3-6,9H,1,7-8,17H2,2H3,(H2,18,20)(H3,19,21,24)/b13-9-. The Morgan fingerprint density at radius 2 is 1.84 bits per heavy atom. The third-order valence-corrected chi connectivity index (χ3v) is 6.16. The van der Waals surface area contributed by atoms with Crippen LogP contribution in [0.25, 0.3) is 5.70 Å². The van der Waals surface area contributed by atoms with Gasteiger partial charge in [0.15, 0.2) is 14.9 Å². The van der Waals surface area contributed by atoms with Gasteiger partial charge in [0.1, 0.15) is 10.6 Å². The average Bonchev–Trinajstić information content (AvgIpc) is 3.28. The molecule has 0 radical (unpaired) electrons. The first kappa shape index (κ1) is 18.9. The number of nitrogens with one attached hydrogen (secondary N) is 1. The van der Waals surface area contributed by atoms with E-state index < -0.39 is 14.6 Å². The van der Waals surface area contributed by atoms with Gasteiger partial charge >= 0.3 is 0 Å². The third kappa shape index (κ3) is 4.37. The Hall–Kier alpha value is -2.39. The lowest BCUT2D eigenvalue weighted by Crippen LogP contribution is -2.30. The molecule has 1 aliphatic rings. The second-order valence-corrected chi connectivity index (χ2v) is 8.68. The third-order valence-electron chi connectivity index (χ3n) is 3.99. The van der Waals surface area contributed by atoms with Gasteiger partial charge in [-0.2, -0.15) is 0 Å². The Kier molecular flexibility index (Phi) is 5.19. The second-order valence-electron chi connectivity index (χ2n) is 5.92. The Morgan fingerprint density at radius 1 is 1.28 bits per heavy atom. The number of benzene rings is 1. The molecule has 0 heterocycles. The quantitative estimate of drug-likeness (QED) is 0.330. The molecule has 1 aromatic carbocycles. The lowest BCUT2D eigenvalue weighted by atomic mass is 10.1. The normalized spacial score (nSPS) is 17.0. The smallest absolute Gasteiger partial charge is 0.168 e. The van der Waals surface area contributed by atoms with E-state index in [-0.39, 0.29) is 16.6 Å². The molecule has 0 unspecified atom stereocenters. The summed E-state index contributed by atoms with van der Waals surface area (Å²) in [7, 11) is -3.29. The molecular formula is C16H21N5O2S2. The summed E-state index contributed by atoms with van der Waals surface area (Å²) in [5, 5.41) is 2.99. The molecule has 0 atom stereocenters. The Labute approximate surface area is 152 Å². The number of hydrogen-bond acceptors (Lipinski definition) is 5.